The summed E-state index contributed by atoms with van der Waals surface area (Å²) in [5.41, 5.74) is 0.726. The molecule has 2 aromatic carbocycles. The monoisotopic (exact) mass is 304 g/mol. The molecule has 0 heterocycles. The molecule has 0 aromatic heterocycles. The Kier molecular flexibility index (Phi) is 4.13. The molecule has 2 aromatic rings. The fourth-order valence-electron chi connectivity index (χ4n) is 1.71. The van der Waals surface area contributed by atoms with Gasteiger partial charge >= 0.3 is 0 Å². The minimum absolute atomic E-state index is 0.412. The largest absolute Gasteiger partial charge is 0.290 e. The van der Waals surface area contributed by atoms with Crippen molar-refractivity contribution >= 4 is 21.9 Å². The molecule has 0 N–H and O–H groups in total. The van der Waals surface area contributed by atoms with E-state index in [1.54, 1.807) is 37.3 Å². The lowest BCUT2D eigenvalue weighted by molar-refractivity contribution is -0.387. The molecule has 0 radical (unpaired) electrons. The number of nitro groups is 1. The van der Waals surface area contributed by atoms with Crippen LogP contribution in [0.3, 0.4) is 0 Å². The Morgan fingerprint density at radius 3 is 2.43 bits per heavy atom. The minimum atomic E-state index is -4.12. The third-order valence-electron chi connectivity index (χ3n) is 2.73. The van der Waals surface area contributed by atoms with Crippen LogP contribution in [0, 0.1) is 17.0 Å². The van der Waals surface area contributed by atoms with E-state index in [-0.39, 0.29) is 0 Å². The van der Waals surface area contributed by atoms with Gasteiger partial charge < -0.3 is 0 Å². The standard InChI is InChI=1S/C14H12N2O4S/c1-11-7-8-14(13(9-11)16(17)18)21(19,20)15-10-12-5-3-2-4-6-12/h2-10H,1H3/b15-10+. The molecule has 0 amide bonds. The van der Waals surface area contributed by atoms with E-state index in [0.29, 0.717) is 11.1 Å². The first-order chi connectivity index (χ1) is 9.90. The third-order valence-corrected chi connectivity index (χ3v) is 4.01. The Morgan fingerprint density at radius 2 is 1.81 bits per heavy atom. The second kappa shape index (κ2) is 5.84. The van der Waals surface area contributed by atoms with Gasteiger partial charge in [0.15, 0.2) is 4.90 Å². The highest BCUT2D eigenvalue weighted by Gasteiger charge is 2.24. The molecule has 0 fully saturated rings. The molecule has 7 heteroatoms. The first-order valence-corrected chi connectivity index (χ1v) is 7.44. The number of rotatable bonds is 4. The summed E-state index contributed by atoms with van der Waals surface area (Å²) < 4.78 is 27.8. The Balaban J connectivity index is 2.45. The molecule has 0 aliphatic heterocycles. The van der Waals surface area contributed by atoms with E-state index in [1.807, 2.05) is 0 Å². The van der Waals surface area contributed by atoms with Gasteiger partial charge in [0, 0.05) is 12.3 Å². The van der Waals surface area contributed by atoms with Crippen molar-refractivity contribution in [3.05, 3.63) is 69.8 Å². The lowest BCUT2D eigenvalue weighted by Crippen LogP contribution is -2.03. The normalized spacial score (nSPS) is 11.7. The third kappa shape index (κ3) is 3.51. The highest BCUT2D eigenvalue weighted by Crippen LogP contribution is 2.26. The summed E-state index contributed by atoms with van der Waals surface area (Å²) in [4.78, 5) is 9.85. The van der Waals surface area contributed by atoms with E-state index >= 15 is 0 Å². The van der Waals surface area contributed by atoms with Crippen LogP contribution in [0.15, 0.2) is 57.8 Å². The molecule has 0 unspecified atom stereocenters. The van der Waals surface area contributed by atoms with E-state index < -0.39 is 25.5 Å². The molecule has 0 aliphatic rings. The summed E-state index contributed by atoms with van der Waals surface area (Å²) >= 11 is 0. The zero-order valence-corrected chi connectivity index (χ0v) is 11.9. The van der Waals surface area contributed by atoms with Crippen LogP contribution in [0.5, 0.6) is 0 Å². The van der Waals surface area contributed by atoms with Crippen LogP contribution in [0.4, 0.5) is 5.69 Å². The average Bonchev–Trinajstić information content (AvgIpc) is 2.46. The Hall–Kier alpha value is -2.54. The predicted molar refractivity (Wildman–Crippen MR) is 79.1 cm³/mol. The first-order valence-electron chi connectivity index (χ1n) is 6.00. The van der Waals surface area contributed by atoms with Gasteiger partial charge in [-0.3, -0.25) is 10.1 Å². The van der Waals surface area contributed by atoms with Gasteiger partial charge in [0.1, 0.15) is 0 Å². The number of nitro benzene ring substituents is 1. The quantitative estimate of drug-likeness (QED) is 0.493. The zero-order chi connectivity index (χ0) is 15.5. The molecule has 2 rings (SSSR count). The van der Waals surface area contributed by atoms with Gasteiger partial charge in [-0.1, -0.05) is 36.4 Å². The molecule has 0 spiro atoms. The molecule has 0 saturated carbocycles. The Morgan fingerprint density at radius 1 is 1.14 bits per heavy atom. The van der Waals surface area contributed by atoms with Crippen molar-refractivity contribution in [3.63, 3.8) is 0 Å². The number of nitrogens with zero attached hydrogens (tertiary/aromatic N) is 2. The molecular weight excluding hydrogens is 292 g/mol. The van der Waals surface area contributed by atoms with Crippen LogP contribution in [0.25, 0.3) is 0 Å². The second-order valence-electron chi connectivity index (χ2n) is 4.35. The lowest BCUT2D eigenvalue weighted by atomic mass is 10.2. The van der Waals surface area contributed by atoms with E-state index in [0.717, 1.165) is 0 Å². The molecule has 6 nitrogen and oxygen atoms in total. The summed E-state index contributed by atoms with van der Waals surface area (Å²) in [6.45, 7) is 1.65. The van der Waals surface area contributed by atoms with Crippen molar-refractivity contribution in [1.82, 2.24) is 0 Å². The summed E-state index contributed by atoms with van der Waals surface area (Å²) in [6.07, 6.45) is 1.17. The van der Waals surface area contributed by atoms with E-state index in [4.69, 9.17) is 0 Å². The topological polar surface area (TPSA) is 89.6 Å². The molecule has 0 atom stereocenters. The van der Waals surface area contributed by atoms with Gasteiger partial charge in [0.2, 0.25) is 0 Å². The molecule has 21 heavy (non-hydrogen) atoms. The van der Waals surface area contributed by atoms with Gasteiger partial charge in [0.05, 0.1) is 4.92 Å². The smallest absolute Gasteiger partial charge is 0.258 e. The van der Waals surface area contributed by atoms with Crippen molar-refractivity contribution in [2.75, 3.05) is 0 Å². The second-order valence-corrected chi connectivity index (χ2v) is 5.95. The summed E-state index contributed by atoms with van der Waals surface area (Å²) in [6, 6.07) is 12.5. The van der Waals surface area contributed by atoms with Crippen LogP contribution in [0.1, 0.15) is 11.1 Å². The Bertz CT molecular complexity index is 799. The van der Waals surface area contributed by atoms with Gasteiger partial charge in [-0.2, -0.15) is 12.8 Å². The zero-order valence-electron chi connectivity index (χ0n) is 11.1. The van der Waals surface area contributed by atoms with E-state index in [1.165, 1.54) is 24.4 Å². The maximum Gasteiger partial charge on any atom is 0.290 e. The molecule has 0 bridgehead atoms. The number of benzene rings is 2. The van der Waals surface area contributed by atoms with Crippen molar-refractivity contribution in [2.24, 2.45) is 4.40 Å². The maximum atomic E-state index is 12.1. The van der Waals surface area contributed by atoms with Gasteiger partial charge in [-0.15, -0.1) is 0 Å². The van der Waals surface area contributed by atoms with Crippen molar-refractivity contribution in [2.45, 2.75) is 11.8 Å². The van der Waals surface area contributed by atoms with E-state index in [9.17, 15) is 18.5 Å². The van der Waals surface area contributed by atoms with Crippen molar-refractivity contribution in [1.29, 1.82) is 0 Å². The molecule has 108 valence electrons. The highest BCUT2D eigenvalue weighted by atomic mass is 32.2. The number of aryl methyl sites for hydroxylation is 1. The molecular formula is C14H12N2O4S. The average molecular weight is 304 g/mol. The van der Waals surface area contributed by atoms with Crippen LogP contribution >= 0.6 is 0 Å². The van der Waals surface area contributed by atoms with Gasteiger partial charge in [0.25, 0.3) is 15.7 Å². The fraction of sp³-hybridized carbons (Fsp3) is 0.0714. The fourth-order valence-corrected chi connectivity index (χ4v) is 2.73. The Labute approximate surface area is 122 Å². The molecule has 0 aliphatic carbocycles. The van der Waals surface area contributed by atoms with E-state index in [2.05, 4.69) is 4.40 Å². The summed E-state index contributed by atoms with van der Waals surface area (Å²) in [5, 5.41) is 11.0. The van der Waals surface area contributed by atoms with Crippen LogP contribution in [-0.4, -0.2) is 19.6 Å². The van der Waals surface area contributed by atoms with Crippen LogP contribution in [0.2, 0.25) is 0 Å². The number of sulfonamides is 1. The summed E-state index contributed by atoms with van der Waals surface area (Å²) in [5.74, 6) is 0. The van der Waals surface area contributed by atoms with Gasteiger partial charge in [-0.25, -0.2) is 0 Å². The van der Waals surface area contributed by atoms with Crippen LogP contribution in [-0.2, 0) is 10.0 Å². The predicted octanol–water partition coefficient (Wildman–Crippen LogP) is 2.71. The van der Waals surface area contributed by atoms with Gasteiger partial charge in [-0.05, 0) is 24.1 Å². The number of hydrogen-bond acceptors (Lipinski definition) is 4. The lowest BCUT2D eigenvalue weighted by Gasteiger charge is -2.02. The maximum absolute atomic E-state index is 12.1. The first kappa shape index (κ1) is 14.9. The van der Waals surface area contributed by atoms with Crippen molar-refractivity contribution < 1.29 is 13.3 Å². The highest BCUT2D eigenvalue weighted by molar-refractivity contribution is 7.90. The molecule has 0 saturated heterocycles. The SMILES string of the molecule is Cc1ccc(S(=O)(=O)/N=C/c2ccccc2)c([N+](=O)[O-])c1. The minimum Gasteiger partial charge on any atom is -0.258 e. The number of hydrogen-bond donors (Lipinski definition) is 0. The van der Waals surface area contributed by atoms with Crippen molar-refractivity contribution in [3.8, 4) is 0 Å². The summed E-state index contributed by atoms with van der Waals surface area (Å²) in [7, 11) is -4.12. The van der Waals surface area contributed by atoms with Crippen LogP contribution < -0.4 is 0 Å².